The number of benzene rings is 1. The molecule has 0 spiro atoms. The van der Waals surface area contributed by atoms with E-state index in [-0.39, 0.29) is 23.2 Å². The number of nitrogens with one attached hydrogen (secondary N) is 1. The van der Waals surface area contributed by atoms with Crippen LogP contribution in [0.25, 0.3) is 10.9 Å². The molecule has 0 radical (unpaired) electrons. The first kappa shape index (κ1) is 17.2. The average Bonchev–Trinajstić information content (AvgIpc) is 2.55. The van der Waals surface area contributed by atoms with Crippen molar-refractivity contribution < 1.29 is 18.0 Å². The van der Waals surface area contributed by atoms with E-state index in [0.29, 0.717) is 11.4 Å². The number of alkyl halides is 3. The average molecular weight is 366 g/mol. The first-order valence-corrected chi connectivity index (χ1v) is 7.58. The van der Waals surface area contributed by atoms with Crippen LogP contribution >= 0.6 is 11.6 Å². The maximum absolute atomic E-state index is 12.9. The molecular weight excluding hydrogens is 355 g/mol. The summed E-state index contributed by atoms with van der Waals surface area (Å²) in [7, 11) is 0. The third kappa shape index (κ3) is 3.88. The van der Waals surface area contributed by atoms with Crippen molar-refractivity contribution in [2.24, 2.45) is 0 Å². The van der Waals surface area contributed by atoms with Crippen LogP contribution in [0.1, 0.15) is 11.1 Å². The zero-order valence-electron chi connectivity index (χ0n) is 12.6. The van der Waals surface area contributed by atoms with Crippen molar-refractivity contribution in [3.63, 3.8) is 0 Å². The summed E-state index contributed by atoms with van der Waals surface area (Å²) in [6.07, 6.45) is -3.12. The molecule has 0 atom stereocenters. The predicted molar refractivity (Wildman–Crippen MR) is 88.3 cm³/mol. The number of rotatable bonds is 3. The van der Waals surface area contributed by atoms with Gasteiger partial charge in [-0.25, -0.2) is 9.97 Å². The number of carbonyl (C=O) groups excluding carboxylic acids is 1. The Hall–Kier alpha value is -2.67. The molecule has 0 bridgehead atoms. The summed E-state index contributed by atoms with van der Waals surface area (Å²) < 4.78 is 38.8. The normalized spacial score (nSPS) is 11.5. The number of nitrogens with zero attached hydrogens (tertiary/aromatic N) is 2. The summed E-state index contributed by atoms with van der Waals surface area (Å²) in [4.78, 5) is 20.0. The van der Waals surface area contributed by atoms with Gasteiger partial charge in [0.25, 0.3) is 0 Å². The van der Waals surface area contributed by atoms with Gasteiger partial charge >= 0.3 is 6.18 Å². The van der Waals surface area contributed by atoms with Crippen LogP contribution in [0, 0.1) is 0 Å². The number of fused-ring (bicyclic) bond motifs is 1. The Balaban J connectivity index is 1.92. The highest BCUT2D eigenvalue weighted by molar-refractivity contribution is 6.30. The maximum atomic E-state index is 12.9. The quantitative estimate of drug-likeness (QED) is 0.696. The molecule has 128 valence electrons. The highest BCUT2D eigenvalue weighted by atomic mass is 35.5. The highest BCUT2D eigenvalue weighted by Crippen LogP contribution is 2.36. The molecule has 0 aliphatic heterocycles. The van der Waals surface area contributed by atoms with Gasteiger partial charge in [0.1, 0.15) is 11.0 Å². The molecule has 0 saturated carbocycles. The Labute approximate surface area is 145 Å². The highest BCUT2D eigenvalue weighted by Gasteiger charge is 2.34. The van der Waals surface area contributed by atoms with Crippen LogP contribution in [0.4, 0.5) is 19.0 Å². The molecule has 25 heavy (non-hydrogen) atoms. The minimum Gasteiger partial charge on any atom is -0.310 e. The van der Waals surface area contributed by atoms with E-state index in [1.807, 2.05) is 0 Å². The van der Waals surface area contributed by atoms with E-state index in [0.717, 1.165) is 6.07 Å². The lowest BCUT2D eigenvalue weighted by Gasteiger charge is -2.12. The molecule has 4 nitrogen and oxygen atoms in total. The molecule has 2 aromatic heterocycles. The number of anilines is 1. The SMILES string of the molecule is O=C(Cc1cccc2cc(C(F)(F)F)c(Cl)nc12)Nc1ccccn1. The standard InChI is InChI=1S/C17H11ClF3N3O/c18-16-12(17(19,20)21)8-10-4-3-5-11(15(10)24-16)9-14(25)23-13-6-1-2-7-22-13/h1-8H,9H2,(H,22,23,25). The lowest BCUT2D eigenvalue weighted by atomic mass is 10.1. The molecule has 8 heteroatoms. The van der Waals surface area contributed by atoms with Crippen molar-refractivity contribution in [1.29, 1.82) is 0 Å². The smallest absolute Gasteiger partial charge is 0.310 e. The molecular formula is C17H11ClF3N3O. The summed E-state index contributed by atoms with van der Waals surface area (Å²) >= 11 is 5.68. The predicted octanol–water partition coefficient (Wildman–Crippen LogP) is 4.48. The fourth-order valence-corrected chi connectivity index (χ4v) is 2.62. The number of hydrogen-bond donors (Lipinski definition) is 1. The van der Waals surface area contributed by atoms with Crippen LogP contribution in [0.15, 0.2) is 48.7 Å². The third-order valence-corrected chi connectivity index (χ3v) is 3.76. The van der Waals surface area contributed by atoms with Gasteiger partial charge in [-0.05, 0) is 23.8 Å². The number of aromatic nitrogens is 2. The molecule has 2 heterocycles. The minimum absolute atomic E-state index is 0.0669. The first-order valence-electron chi connectivity index (χ1n) is 7.21. The van der Waals surface area contributed by atoms with Crippen molar-refractivity contribution in [3.05, 3.63) is 64.9 Å². The van der Waals surface area contributed by atoms with Crippen molar-refractivity contribution in [2.75, 3.05) is 5.32 Å². The van der Waals surface area contributed by atoms with Crippen molar-refractivity contribution >= 4 is 34.2 Å². The molecule has 1 N–H and O–H groups in total. The second-order valence-corrected chi connectivity index (χ2v) is 5.61. The number of carbonyl (C=O) groups is 1. The number of amides is 1. The second-order valence-electron chi connectivity index (χ2n) is 5.25. The fraction of sp³-hybridized carbons (Fsp3) is 0.118. The topological polar surface area (TPSA) is 54.9 Å². The molecule has 1 amide bonds. The van der Waals surface area contributed by atoms with Crippen LogP contribution in [0.3, 0.4) is 0 Å². The summed E-state index contributed by atoms with van der Waals surface area (Å²) in [6.45, 7) is 0. The summed E-state index contributed by atoms with van der Waals surface area (Å²) in [5.74, 6) is 0.0297. The van der Waals surface area contributed by atoms with Crippen LogP contribution in [0.2, 0.25) is 5.15 Å². The molecule has 0 fully saturated rings. The van der Waals surface area contributed by atoms with Gasteiger partial charge in [-0.15, -0.1) is 0 Å². The molecule has 3 aromatic rings. The van der Waals surface area contributed by atoms with Crippen LogP contribution in [0.5, 0.6) is 0 Å². The van der Waals surface area contributed by atoms with E-state index >= 15 is 0 Å². The molecule has 3 rings (SSSR count). The Morgan fingerprint density at radius 2 is 1.96 bits per heavy atom. The van der Waals surface area contributed by atoms with E-state index in [4.69, 9.17) is 11.6 Å². The Kier molecular flexibility index (Phi) is 4.59. The molecule has 0 unspecified atom stereocenters. The van der Waals surface area contributed by atoms with Crippen molar-refractivity contribution in [1.82, 2.24) is 9.97 Å². The molecule has 0 aliphatic rings. The monoisotopic (exact) mass is 365 g/mol. The van der Waals surface area contributed by atoms with Gasteiger partial charge < -0.3 is 5.32 Å². The number of halogens is 4. The van der Waals surface area contributed by atoms with Gasteiger partial charge in [-0.2, -0.15) is 13.2 Å². The second kappa shape index (κ2) is 6.68. The lowest BCUT2D eigenvalue weighted by molar-refractivity contribution is -0.137. The zero-order chi connectivity index (χ0) is 18.0. The van der Waals surface area contributed by atoms with E-state index < -0.39 is 16.9 Å². The zero-order valence-corrected chi connectivity index (χ0v) is 13.4. The van der Waals surface area contributed by atoms with Gasteiger partial charge in [0, 0.05) is 11.6 Å². The van der Waals surface area contributed by atoms with E-state index in [1.54, 1.807) is 30.3 Å². The van der Waals surface area contributed by atoms with Crippen LogP contribution in [-0.2, 0) is 17.4 Å². The summed E-state index contributed by atoms with van der Waals surface area (Å²) in [5.41, 5.74) is -0.269. The van der Waals surface area contributed by atoms with Gasteiger partial charge in [-0.3, -0.25) is 4.79 Å². The molecule has 0 saturated heterocycles. The van der Waals surface area contributed by atoms with Crippen molar-refractivity contribution in [2.45, 2.75) is 12.6 Å². The van der Waals surface area contributed by atoms with Gasteiger partial charge in [0.05, 0.1) is 17.5 Å². The van der Waals surface area contributed by atoms with E-state index in [9.17, 15) is 18.0 Å². The largest absolute Gasteiger partial charge is 0.419 e. The number of pyridine rings is 2. The Morgan fingerprint density at radius 3 is 2.64 bits per heavy atom. The number of para-hydroxylation sites is 1. The summed E-state index contributed by atoms with van der Waals surface area (Å²) in [5, 5.41) is 2.24. The van der Waals surface area contributed by atoms with Crippen LogP contribution < -0.4 is 5.32 Å². The number of hydrogen-bond acceptors (Lipinski definition) is 3. The van der Waals surface area contributed by atoms with Crippen molar-refractivity contribution in [3.8, 4) is 0 Å². The molecule has 1 aromatic carbocycles. The van der Waals surface area contributed by atoms with Gasteiger partial charge in [0.15, 0.2) is 0 Å². The Bertz CT molecular complexity index is 930. The maximum Gasteiger partial charge on any atom is 0.419 e. The van der Waals surface area contributed by atoms with Gasteiger partial charge in [0.2, 0.25) is 5.91 Å². The first-order chi connectivity index (χ1) is 11.8. The molecule has 0 aliphatic carbocycles. The van der Waals surface area contributed by atoms with Crippen LogP contribution in [-0.4, -0.2) is 15.9 Å². The lowest BCUT2D eigenvalue weighted by Crippen LogP contribution is -2.15. The van der Waals surface area contributed by atoms with E-state index in [2.05, 4.69) is 15.3 Å². The fourth-order valence-electron chi connectivity index (χ4n) is 2.38. The Morgan fingerprint density at radius 1 is 1.16 bits per heavy atom. The third-order valence-electron chi connectivity index (χ3n) is 3.47. The van der Waals surface area contributed by atoms with E-state index in [1.165, 1.54) is 12.3 Å². The van der Waals surface area contributed by atoms with Gasteiger partial charge in [-0.1, -0.05) is 35.9 Å². The minimum atomic E-state index is -4.59. The summed E-state index contributed by atoms with van der Waals surface area (Å²) in [6, 6.07) is 10.7.